The van der Waals surface area contributed by atoms with E-state index in [1.54, 1.807) is 0 Å². The van der Waals surface area contributed by atoms with Crippen LogP contribution >= 0.6 is 0 Å². The molecule has 0 bridgehead atoms. The number of likely N-dealkylation sites (tertiary alicyclic amines) is 1. The van der Waals surface area contributed by atoms with Crippen LogP contribution in [0.4, 0.5) is 0 Å². The van der Waals surface area contributed by atoms with Gasteiger partial charge in [0.15, 0.2) is 5.88 Å². The zero-order valence-electron chi connectivity index (χ0n) is 8.78. The summed E-state index contributed by atoms with van der Waals surface area (Å²) in [5.74, 6) is 2.09. The van der Waals surface area contributed by atoms with E-state index in [1.165, 1.54) is 18.4 Å². The van der Waals surface area contributed by atoms with Crippen LogP contribution in [0, 0.1) is 0 Å². The normalized spacial score (nSPS) is 19.5. The van der Waals surface area contributed by atoms with Crippen molar-refractivity contribution >= 4 is 0 Å². The quantitative estimate of drug-likeness (QED) is 0.692. The van der Waals surface area contributed by atoms with E-state index in [2.05, 4.69) is 29.2 Å². The molecule has 1 saturated heterocycles. The second-order valence-corrected chi connectivity index (χ2v) is 4.15. The number of benzene rings is 1. The largest absolute Gasteiger partial charge is 0.441 e. The van der Waals surface area contributed by atoms with Crippen molar-refractivity contribution in [2.24, 2.45) is 0 Å². The van der Waals surface area contributed by atoms with Gasteiger partial charge in [-0.15, -0.1) is 0 Å². The summed E-state index contributed by atoms with van der Waals surface area (Å²) in [5, 5.41) is 0. The highest BCUT2D eigenvalue weighted by Crippen LogP contribution is 2.28. The van der Waals surface area contributed by atoms with Gasteiger partial charge in [0.25, 0.3) is 0 Å². The number of fused-ring (bicyclic) bond motifs is 1. The number of hydrogen-bond acceptors (Lipinski definition) is 2. The first-order chi connectivity index (χ1) is 7.43. The summed E-state index contributed by atoms with van der Waals surface area (Å²) < 4.78 is 5.90. The summed E-state index contributed by atoms with van der Waals surface area (Å²) in [6.07, 6.45) is 5.79. The smallest absolute Gasteiger partial charge is 0.192 e. The fraction of sp³-hybridized carbons (Fsp3) is 0.385. The van der Waals surface area contributed by atoms with E-state index in [4.69, 9.17) is 4.74 Å². The highest BCUT2D eigenvalue weighted by atomic mass is 16.5. The maximum absolute atomic E-state index is 5.90. The van der Waals surface area contributed by atoms with E-state index in [9.17, 15) is 0 Å². The third-order valence-corrected chi connectivity index (χ3v) is 3.10. The second-order valence-electron chi connectivity index (χ2n) is 4.15. The van der Waals surface area contributed by atoms with Crippen LogP contribution in [0.5, 0.6) is 5.75 Å². The maximum atomic E-state index is 5.90. The van der Waals surface area contributed by atoms with Crippen LogP contribution in [0.1, 0.15) is 18.4 Å². The zero-order valence-corrected chi connectivity index (χ0v) is 8.78. The van der Waals surface area contributed by atoms with Crippen LogP contribution in [0.2, 0.25) is 0 Å². The lowest BCUT2D eigenvalue weighted by atomic mass is 10.1. The fourth-order valence-electron chi connectivity index (χ4n) is 2.25. The van der Waals surface area contributed by atoms with Gasteiger partial charge in [-0.2, -0.15) is 0 Å². The van der Waals surface area contributed by atoms with Crippen molar-refractivity contribution < 1.29 is 4.74 Å². The lowest BCUT2D eigenvalue weighted by molar-refractivity contribution is 0.241. The molecule has 1 aromatic carbocycles. The monoisotopic (exact) mass is 201 g/mol. The summed E-state index contributed by atoms with van der Waals surface area (Å²) in [7, 11) is 0. The Kier molecular flexibility index (Phi) is 2.13. The minimum atomic E-state index is 1.00. The predicted octanol–water partition coefficient (Wildman–Crippen LogP) is 2.56. The van der Waals surface area contributed by atoms with Crippen molar-refractivity contribution in [2.45, 2.75) is 19.3 Å². The average Bonchev–Trinajstić information content (AvgIpc) is 2.82. The molecule has 1 aromatic rings. The maximum Gasteiger partial charge on any atom is 0.192 e. The molecule has 0 saturated carbocycles. The van der Waals surface area contributed by atoms with Gasteiger partial charge in [0, 0.05) is 13.1 Å². The second kappa shape index (κ2) is 3.61. The van der Waals surface area contributed by atoms with Gasteiger partial charge in [0.1, 0.15) is 5.75 Å². The Morgan fingerprint density at radius 3 is 2.73 bits per heavy atom. The lowest BCUT2D eigenvalue weighted by Crippen LogP contribution is -2.24. The topological polar surface area (TPSA) is 12.5 Å². The van der Waals surface area contributed by atoms with E-state index in [-0.39, 0.29) is 0 Å². The van der Waals surface area contributed by atoms with Gasteiger partial charge in [-0.05, 0) is 37.0 Å². The van der Waals surface area contributed by atoms with E-state index in [1.807, 2.05) is 6.07 Å². The molecule has 2 nitrogen and oxygen atoms in total. The molecule has 15 heavy (non-hydrogen) atoms. The number of allylic oxidation sites excluding steroid dienone is 1. The Morgan fingerprint density at radius 1 is 1.07 bits per heavy atom. The summed E-state index contributed by atoms with van der Waals surface area (Å²) in [6, 6.07) is 8.29. The molecule has 0 aromatic heterocycles. The molecule has 0 N–H and O–H groups in total. The molecule has 0 amide bonds. The molecule has 0 spiro atoms. The van der Waals surface area contributed by atoms with Crippen molar-refractivity contribution in [1.29, 1.82) is 0 Å². The van der Waals surface area contributed by atoms with E-state index >= 15 is 0 Å². The van der Waals surface area contributed by atoms with Gasteiger partial charge in [0.2, 0.25) is 0 Å². The van der Waals surface area contributed by atoms with Crippen molar-refractivity contribution in [3.05, 3.63) is 41.8 Å². The number of para-hydroxylation sites is 1. The summed E-state index contributed by atoms with van der Waals surface area (Å²) >= 11 is 0. The minimum Gasteiger partial charge on any atom is -0.441 e. The van der Waals surface area contributed by atoms with Crippen LogP contribution in [-0.4, -0.2) is 18.0 Å². The first-order valence-corrected chi connectivity index (χ1v) is 5.64. The summed E-state index contributed by atoms with van der Waals surface area (Å²) in [6.45, 7) is 2.29. The third-order valence-electron chi connectivity index (χ3n) is 3.10. The number of rotatable bonds is 1. The standard InChI is InChI=1S/C13H15NO/c1-2-6-12-11(5-1)7-8-13(15-12)14-9-3-4-10-14/h1-2,5-6,8H,3-4,7,9-10H2. The van der Waals surface area contributed by atoms with Crippen LogP contribution in [-0.2, 0) is 6.42 Å². The number of ether oxygens (including phenoxy) is 1. The first-order valence-electron chi connectivity index (χ1n) is 5.64. The van der Waals surface area contributed by atoms with Crippen molar-refractivity contribution in [3.63, 3.8) is 0 Å². The Bertz CT molecular complexity index is 391. The molecule has 0 unspecified atom stereocenters. The Labute approximate surface area is 90.2 Å². The van der Waals surface area contributed by atoms with Crippen LogP contribution in [0.25, 0.3) is 0 Å². The Morgan fingerprint density at radius 2 is 1.87 bits per heavy atom. The molecular formula is C13H15NO. The predicted molar refractivity (Wildman–Crippen MR) is 59.7 cm³/mol. The highest BCUT2D eigenvalue weighted by Gasteiger charge is 2.19. The van der Waals surface area contributed by atoms with Crippen molar-refractivity contribution in [1.82, 2.24) is 4.90 Å². The third kappa shape index (κ3) is 1.60. The molecule has 0 atom stereocenters. The average molecular weight is 201 g/mol. The van der Waals surface area contributed by atoms with Crippen LogP contribution in [0.15, 0.2) is 36.2 Å². The van der Waals surface area contributed by atoms with Gasteiger partial charge >= 0.3 is 0 Å². The molecule has 2 heterocycles. The number of nitrogens with zero attached hydrogens (tertiary/aromatic N) is 1. The minimum absolute atomic E-state index is 1.00. The molecule has 3 rings (SSSR count). The van der Waals surface area contributed by atoms with Crippen molar-refractivity contribution in [3.8, 4) is 5.75 Å². The van der Waals surface area contributed by atoms with E-state index in [0.717, 1.165) is 31.1 Å². The van der Waals surface area contributed by atoms with E-state index in [0.29, 0.717) is 0 Å². The zero-order chi connectivity index (χ0) is 10.1. The molecule has 2 aliphatic rings. The highest BCUT2D eigenvalue weighted by molar-refractivity contribution is 5.38. The van der Waals surface area contributed by atoms with E-state index < -0.39 is 0 Å². The van der Waals surface area contributed by atoms with Crippen molar-refractivity contribution in [2.75, 3.05) is 13.1 Å². The number of hydrogen-bond donors (Lipinski definition) is 0. The molecule has 2 aliphatic heterocycles. The fourth-order valence-corrected chi connectivity index (χ4v) is 2.25. The molecule has 1 fully saturated rings. The van der Waals surface area contributed by atoms with Crippen LogP contribution in [0.3, 0.4) is 0 Å². The van der Waals surface area contributed by atoms with Gasteiger partial charge in [-0.3, -0.25) is 0 Å². The Hall–Kier alpha value is -1.44. The molecule has 0 radical (unpaired) electrons. The SMILES string of the molecule is C1=C(N2CCCC2)Oc2ccccc2C1. The Balaban J connectivity index is 1.82. The molecule has 2 heteroatoms. The summed E-state index contributed by atoms with van der Waals surface area (Å²) in [4.78, 5) is 2.34. The van der Waals surface area contributed by atoms with Crippen LogP contribution < -0.4 is 4.74 Å². The first kappa shape index (κ1) is 8.84. The summed E-state index contributed by atoms with van der Waals surface area (Å²) in [5.41, 5.74) is 1.29. The van der Waals surface area contributed by atoms with Gasteiger partial charge in [-0.25, -0.2) is 0 Å². The van der Waals surface area contributed by atoms with Gasteiger partial charge in [0.05, 0.1) is 0 Å². The molecule has 0 aliphatic carbocycles. The van der Waals surface area contributed by atoms with Gasteiger partial charge < -0.3 is 9.64 Å². The lowest BCUT2D eigenvalue weighted by Gasteiger charge is -2.25. The molecular weight excluding hydrogens is 186 g/mol. The van der Waals surface area contributed by atoms with Gasteiger partial charge in [-0.1, -0.05) is 18.2 Å². The molecule has 78 valence electrons.